The molecule has 12 heteroatoms. The standard InChI is InChI=1S/C21H14N2O4S6/c1-9-2-4-22-11(6-9)12-7-10(3-5-23-12)13-8-28-18-19(29-13)33-21(32-18)20-30-14(16(24)25)15(31-20)17(26)27/h2-7,13H,8H2,1H3,(H,24,25)(H,26,27). The largest absolute Gasteiger partial charge is 0.477 e. The second-order valence-corrected chi connectivity index (χ2v) is 14.3. The van der Waals surface area contributed by atoms with Crippen LogP contribution in [-0.4, -0.2) is 37.9 Å². The van der Waals surface area contributed by atoms with Gasteiger partial charge in [-0.15, -0.1) is 23.5 Å². The van der Waals surface area contributed by atoms with Crippen LogP contribution >= 0.6 is 70.6 Å². The molecule has 0 radical (unpaired) electrons. The van der Waals surface area contributed by atoms with E-state index >= 15 is 0 Å². The van der Waals surface area contributed by atoms with E-state index in [0.717, 1.165) is 54.7 Å². The van der Waals surface area contributed by atoms with Gasteiger partial charge in [-0.1, -0.05) is 47.0 Å². The molecule has 3 aliphatic heterocycles. The van der Waals surface area contributed by atoms with Crippen molar-refractivity contribution in [2.75, 3.05) is 5.75 Å². The summed E-state index contributed by atoms with van der Waals surface area (Å²) < 4.78 is 4.05. The van der Waals surface area contributed by atoms with Crippen molar-refractivity contribution in [1.82, 2.24) is 9.97 Å². The number of pyridine rings is 2. The van der Waals surface area contributed by atoms with Gasteiger partial charge in [-0.2, -0.15) is 0 Å². The zero-order valence-electron chi connectivity index (χ0n) is 16.8. The van der Waals surface area contributed by atoms with E-state index in [0.29, 0.717) is 0 Å². The molecule has 0 bridgehead atoms. The number of nitrogens with zero attached hydrogens (tertiary/aromatic N) is 2. The van der Waals surface area contributed by atoms with Crippen molar-refractivity contribution < 1.29 is 19.8 Å². The summed E-state index contributed by atoms with van der Waals surface area (Å²) in [5.41, 5.74) is 4.03. The summed E-state index contributed by atoms with van der Waals surface area (Å²) >= 11 is 8.86. The molecule has 1 unspecified atom stereocenters. The van der Waals surface area contributed by atoms with Gasteiger partial charge in [0.2, 0.25) is 0 Å². The molecule has 3 aliphatic rings. The van der Waals surface area contributed by atoms with E-state index in [1.54, 1.807) is 53.2 Å². The Bertz CT molecular complexity index is 1260. The predicted octanol–water partition coefficient (Wildman–Crippen LogP) is 6.57. The van der Waals surface area contributed by atoms with Gasteiger partial charge in [-0.25, -0.2) is 9.59 Å². The van der Waals surface area contributed by atoms with E-state index in [-0.39, 0.29) is 15.1 Å². The van der Waals surface area contributed by atoms with Gasteiger partial charge in [0.25, 0.3) is 0 Å². The van der Waals surface area contributed by atoms with Crippen LogP contribution in [0.2, 0.25) is 0 Å². The smallest absolute Gasteiger partial charge is 0.344 e. The molecule has 33 heavy (non-hydrogen) atoms. The monoisotopic (exact) mass is 550 g/mol. The first-order valence-electron chi connectivity index (χ1n) is 9.48. The minimum absolute atomic E-state index is 0.117. The highest BCUT2D eigenvalue weighted by molar-refractivity contribution is 8.43. The van der Waals surface area contributed by atoms with Crippen LogP contribution in [-0.2, 0) is 9.59 Å². The molecule has 2 aromatic rings. The van der Waals surface area contributed by atoms with Crippen LogP contribution in [0.15, 0.2) is 63.4 Å². The molecule has 6 nitrogen and oxygen atoms in total. The van der Waals surface area contributed by atoms with Crippen LogP contribution in [0.4, 0.5) is 0 Å². The van der Waals surface area contributed by atoms with Crippen LogP contribution in [0.5, 0.6) is 0 Å². The second kappa shape index (κ2) is 9.67. The number of hydrogen-bond donors (Lipinski definition) is 2. The Kier molecular flexibility index (Phi) is 6.83. The number of aromatic nitrogens is 2. The van der Waals surface area contributed by atoms with Crippen molar-refractivity contribution in [3.05, 3.63) is 74.5 Å². The van der Waals surface area contributed by atoms with Crippen molar-refractivity contribution in [3.8, 4) is 11.4 Å². The fourth-order valence-corrected chi connectivity index (χ4v) is 12.1. The third kappa shape index (κ3) is 4.87. The quantitative estimate of drug-likeness (QED) is 0.431. The Morgan fingerprint density at radius 2 is 1.45 bits per heavy atom. The van der Waals surface area contributed by atoms with Gasteiger partial charge in [0.15, 0.2) is 0 Å². The van der Waals surface area contributed by atoms with Gasteiger partial charge in [-0.3, -0.25) is 9.97 Å². The zero-order chi connectivity index (χ0) is 23.1. The molecule has 0 aliphatic carbocycles. The van der Waals surface area contributed by atoms with Crippen molar-refractivity contribution in [3.63, 3.8) is 0 Å². The van der Waals surface area contributed by atoms with Gasteiger partial charge in [0.1, 0.15) is 9.81 Å². The molecule has 1 atom stereocenters. The Hall–Kier alpha value is -1.44. The highest BCUT2D eigenvalue weighted by Gasteiger charge is 2.37. The van der Waals surface area contributed by atoms with E-state index < -0.39 is 11.9 Å². The fourth-order valence-electron chi connectivity index (χ4n) is 3.12. The molecular weight excluding hydrogens is 537 g/mol. The maximum Gasteiger partial charge on any atom is 0.344 e. The van der Waals surface area contributed by atoms with Gasteiger partial charge in [0, 0.05) is 23.4 Å². The summed E-state index contributed by atoms with van der Waals surface area (Å²) in [6.45, 7) is 2.03. The van der Waals surface area contributed by atoms with Gasteiger partial charge < -0.3 is 10.2 Å². The molecule has 0 amide bonds. The van der Waals surface area contributed by atoms with Gasteiger partial charge in [-0.05, 0) is 42.3 Å². The van der Waals surface area contributed by atoms with E-state index in [1.807, 2.05) is 31.3 Å². The number of rotatable bonds is 4. The fraction of sp³-hybridized carbons (Fsp3) is 0.143. The lowest BCUT2D eigenvalue weighted by Crippen LogP contribution is -2.03. The second-order valence-electron chi connectivity index (χ2n) is 6.94. The number of carbonyl (C=O) groups is 2. The number of carboxylic acid groups (broad SMARTS) is 2. The SMILES string of the molecule is Cc1ccnc(-c2cc(C3CSC4=C(SC(=C5SC(C(=O)O)=C(C(=O)O)S5)S4)S3)ccn2)c1. The molecule has 2 N–H and O–H groups in total. The number of thioether (sulfide) groups is 6. The maximum absolute atomic E-state index is 11.5. The first kappa shape index (κ1) is 23.3. The Balaban J connectivity index is 1.33. The molecule has 0 spiro atoms. The highest BCUT2D eigenvalue weighted by atomic mass is 32.3. The minimum atomic E-state index is -1.20. The predicted molar refractivity (Wildman–Crippen MR) is 142 cm³/mol. The van der Waals surface area contributed by atoms with Crippen LogP contribution < -0.4 is 0 Å². The molecule has 2 aromatic heterocycles. The summed E-state index contributed by atoms with van der Waals surface area (Å²) in [5.74, 6) is -1.50. The molecule has 0 fully saturated rings. The lowest BCUT2D eigenvalue weighted by Gasteiger charge is -2.22. The summed E-state index contributed by atoms with van der Waals surface area (Å²) in [6, 6.07) is 8.13. The van der Waals surface area contributed by atoms with Crippen molar-refractivity contribution in [2.45, 2.75) is 12.2 Å². The van der Waals surface area contributed by atoms with Crippen LogP contribution in [0.25, 0.3) is 11.4 Å². The Labute approximate surface area is 215 Å². The van der Waals surface area contributed by atoms with Crippen LogP contribution in [0.1, 0.15) is 16.4 Å². The van der Waals surface area contributed by atoms with Crippen molar-refractivity contribution in [1.29, 1.82) is 0 Å². The summed E-state index contributed by atoms with van der Waals surface area (Å²) in [7, 11) is 0. The molecule has 5 rings (SSSR count). The molecule has 0 saturated carbocycles. The summed E-state index contributed by atoms with van der Waals surface area (Å²) in [6.07, 6.45) is 3.62. The van der Waals surface area contributed by atoms with Crippen LogP contribution in [0.3, 0.4) is 0 Å². The van der Waals surface area contributed by atoms with E-state index in [2.05, 4.69) is 16.0 Å². The lowest BCUT2D eigenvalue weighted by atomic mass is 10.1. The first-order valence-corrected chi connectivity index (χ1v) is 14.6. The van der Waals surface area contributed by atoms with E-state index in [1.165, 1.54) is 14.0 Å². The van der Waals surface area contributed by atoms with Crippen LogP contribution in [0, 0.1) is 6.92 Å². The molecule has 5 heterocycles. The summed E-state index contributed by atoms with van der Waals surface area (Å²) in [5, 5.41) is 19.0. The number of hydrogen-bond acceptors (Lipinski definition) is 10. The molecule has 168 valence electrons. The Morgan fingerprint density at radius 3 is 2.12 bits per heavy atom. The third-order valence-corrected chi connectivity index (χ3v) is 13.8. The van der Waals surface area contributed by atoms with E-state index in [9.17, 15) is 19.8 Å². The Morgan fingerprint density at radius 1 is 0.848 bits per heavy atom. The van der Waals surface area contributed by atoms with Crippen molar-refractivity contribution in [2.24, 2.45) is 0 Å². The lowest BCUT2D eigenvalue weighted by molar-refractivity contribution is -0.134. The van der Waals surface area contributed by atoms with Gasteiger partial charge in [0.05, 0.1) is 28.3 Å². The minimum Gasteiger partial charge on any atom is -0.477 e. The third-order valence-electron chi connectivity index (χ3n) is 4.64. The number of carboxylic acids is 2. The average Bonchev–Trinajstić information content (AvgIpc) is 3.43. The van der Waals surface area contributed by atoms with Gasteiger partial charge >= 0.3 is 11.9 Å². The molecular formula is C21H14N2O4S6. The maximum atomic E-state index is 11.5. The average molecular weight is 551 g/mol. The highest BCUT2D eigenvalue weighted by Crippen LogP contribution is 2.67. The zero-order valence-corrected chi connectivity index (χ0v) is 21.7. The summed E-state index contributed by atoms with van der Waals surface area (Å²) in [4.78, 5) is 31.6. The normalized spacial score (nSPS) is 20.5. The topological polar surface area (TPSA) is 100 Å². The van der Waals surface area contributed by atoms with Crippen molar-refractivity contribution >= 4 is 82.5 Å². The molecule has 0 saturated heterocycles. The number of aliphatic carboxylic acids is 2. The number of aryl methyl sites for hydroxylation is 1. The van der Waals surface area contributed by atoms with E-state index in [4.69, 9.17) is 0 Å². The first-order chi connectivity index (χ1) is 15.9. The molecule has 0 aromatic carbocycles.